The molecule has 0 saturated heterocycles. The standard InChI is InChI=1S/C33H36N4O4/c1-4-25(38)12-6-5-7-13-30(33-36-32(37-41-33)24-15-14-22-10-8-9-11-23(22)18-24)35-31(39)20-27-21(2)34-29-17-16-26(40-3)19-28(27)29/h8-11,14-19,30,34H,4-7,12-13,20H2,1-3H3,(H,35,39)/t30-/m0/s1. The number of aryl methyl sites for hydroxylation is 1. The van der Waals surface area contributed by atoms with E-state index < -0.39 is 6.04 Å². The van der Waals surface area contributed by atoms with E-state index in [-0.39, 0.29) is 18.1 Å². The number of rotatable bonds is 13. The number of aromatic nitrogens is 3. The minimum atomic E-state index is -0.439. The molecule has 212 valence electrons. The third-order valence-electron chi connectivity index (χ3n) is 7.59. The number of benzene rings is 3. The van der Waals surface area contributed by atoms with Gasteiger partial charge in [0.1, 0.15) is 17.6 Å². The van der Waals surface area contributed by atoms with Gasteiger partial charge in [0, 0.05) is 35.0 Å². The molecule has 0 spiro atoms. The predicted molar refractivity (Wildman–Crippen MR) is 160 cm³/mol. The molecule has 2 aromatic heterocycles. The van der Waals surface area contributed by atoms with E-state index in [2.05, 4.69) is 27.6 Å². The van der Waals surface area contributed by atoms with Gasteiger partial charge in [0.15, 0.2) is 0 Å². The van der Waals surface area contributed by atoms with Crippen LogP contribution in [0.2, 0.25) is 0 Å². The summed E-state index contributed by atoms with van der Waals surface area (Å²) in [4.78, 5) is 33.2. The first kappa shape index (κ1) is 28.1. The molecule has 41 heavy (non-hydrogen) atoms. The van der Waals surface area contributed by atoms with Gasteiger partial charge < -0.3 is 19.6 Å². The molecule has 2 N–H and O–H groups in total. The van der Waals surface area contributed by atoms with Crippen molar-refractivity contribution in [3.05, 3.63) is 77.8 Å². The zero-order valence-corrected chi connectivity index (χ0v) is 23.8. The Balaban J connectivity index is 1.34. The summed E-state index contributed by atoms with van der Waals surface area (Å²) in [5.74, 6) is 1.75. The van der Waals surface area contributed by atoms with Gasteiger partial charge in [-0.3, -0.25) is 9.59 Å². The van der Waals surface area contributed by atoms with Gasteiger partial charge in [-0.15, -0.1) is 0 Å². The fourth-order valence-electron chi connectivity index (χ4n) is 5.23. The lowest BCUT2D eigenvalue weighted by molar-refractivity contribution is -0.121. The molecule has 8 heteroatoms. The molecule has 3 aromatic carbocycles. The van der Waals surface area contributed by atoms with Gasteiger partial charge in [-0.2, -0.15) is 4.98 Å². The number of hydrogen-bond acceptors (Lipinski definition) is 6. The maximum absolute atomic E-state index is 13.4. The minimum Gasteiger partial charge on any atom is -0.497 e. The van der Waals surface area contributed by atoms with Crippen molar-refractivity contribution >= 4 is 33.4 Å². The largest absolute Gasteiger partial charge is 0.497 e. The van der Waals surface area contributed by atoms with Crippen molar-refractivity contribution in [1.29, 1.82) is 0 Å². The van der Waals surface area contributed by atoms with Gasteiger partial charge in [0.05, 0.1) is 13.5 Å². The molecular formula is C33H36N4O4. The summed E-state index contributed by atoms with van der Waals surface area (Å²) < 4.78 is 11.1. The van der Waals surface area contributed by atoms with Crippen LogP contribution < -0.4 is 10.1 Å². The zero-order valence-electron chi connectivity index (χ0n) is 23.8. The SMILES string of the molecule is CCC(=O)CCCCC[C@H](NC(=O)Cc1c(C)[nH]c2ccc(OC)cc12)c1nc(-c2ccc3ccccc3c2)no1. The highest BCUT2D eigenvalue weighted by Crippen LogP contribution is 2.28. The summed E-state index contributed by atoms with van der Waals surface area (Å²) in [5, 5.41) is 10.6. The average Bonchev–Trinajstić information content (AvgIpc) is 3.60. The van der Waals surface area contributed by atoms with Crippen LogP contribution in [0.4, 0.5) is 0 Å². The molecule has 0 unspecified atom stereocenters. The zero-order chi connectivity index (χ0) is 28.8. The average molecular weight is 553 g/mol. The highest BCUT2D eigenvalue weighted by molar-refractivity contribution is 5.91. The monoisotopic (exact) mass is 552 g/mol. The third-order valence-corrected chi connectivity index (χ3v) is 7.59. The minimum absolute atomic E-state index is 0.131. The fraction of sp³-hybridized carbons (Fsp3) is 0.333. The second kappa shape index (κ2) is 12.8. The van der Waals surface area contributed by atoms with E-state index in [0.29, 0.717) is 31.0 Å². The van der Waals surface area contributed by atoms with Gasteiger partial charge >= 0.3 is 0 Å². The Morgan fingerprint density at radius 3 is 2.66 bits per heavy atom. The molecule has 0 aliphatic heterocycles. The maximum atomic E-state index is 13.4. The Hall–Kier alpha value is -4.46. The van der Waals surface area contributed by atoms with E-state index in [4.69, 9.17) is 14.2 Å². The number of ether oxygens (including phenoxy) is 1. The smallest absolute Gasteiger partial charge is 0.249 e. The predicted octanol–water partition coefficient (Wildman–Crippen LogP) is 7.02. The van der Waals surface area contributed by atoms with Crippen LogP contribution in [0, 0.1) is 6.92 Å². The van der Waals surface area contributed by atoms with Crippen molar-refractivity contribution in [3.8, 4) is 17.1 Å². The van der Waals surface area contributed by atoms with Crippen LogP contribution in [0.1, 0.15) is 68.6 Å². The number of nitrogens with one attached hydrogen (secondary N) is 2. The number of methoxy groups -OCH3 is 1. The molecule has 5 rings (SSSR count). The molecule has 1 atom stereocenters. The molecule has 5 aromatic rings. The van der Waals surface area contributed by atoms with Crippen LogP contribution in [0.15, 0.2) is 65.2 Å². The van der Waals surface area contributed by atoms with Crippen LogP contribution in [0.5, 0.6) is 5.75 Å². The summed E-state index contributed by atoms with van der Waals surface area (Å²) in [6.45, 7) is 3.86. The number of hydrogen-bond donors (Lipinski definition) is 2. The van der Waals surface area contributed by atoms with Crippen LogP contribution in [-0.4, -0.2) is 33.9 Å². The molecule has 0 fully saturated rings. The van der Waals surface area contributed by atoms with Crippen LogP contribution >= 0.6 is 0 Å². The first-order valence-corrected chi connectivity index (χ1v) is 14.2. The van der Waals surface area contributed by atoms with Gasteiger partial charge in [-0.1, -0.05) is 61.3 Å². The van der Waals surface area contributed by atoms with E-state index in [1.807, 2.05) is 62.4 Å². The number of ketones is 1. The summed E-state index contributed by atoms with van der Waals surface area (Å²) in [6.07, 6.45) is 4.51. The Morgan fingerprint density at radius 1 is 1.02 bits per heavy atom. The van der Waals surface area contributed by atoms with Gasteiger partial charge in [0.2, 0.25) is 17.6 Å². The van der Waals surface area contributed by atoms with Gasteiger partial charge in [-0.05, 0) is 60.4 Å². The Morgan fingerprint density at radius 2 is 1.85 bits per heavy atom. The summed E-state index contributed by atoms with van der Waals surface area (Å²) in [5.41, 5.74) is 3.68. The first-order valence-electron chi connectivity index (χ1n) is 14.2. The van der Waals surface area contributed by atoms with Crippen LogP contribution in [0.3, 0.4) is 0 Å². The second-order valence-corrected chi connectivity index (χ2v) is 10.4. The number of aromatic amines is 1. The van der Waals surface area contributed by atoms with E-state index in [9.17, 15) is 9.59 Å². The Labute approximate surface area is 239 Å². The maximum Gasteiger partial charge on any atom is 0.249 e. The second-order valence-electron chi connectivity index (χ2n) is 10.4. The van der Waals surface area contributed by atoms with Crippen molar-refractivity contribution in [2.45, 2.75) is 64.8 Å². The molecule has 0 aliphatic rings. The lowest BCUT2D eigenvalue weighted by Crippen LogP contribution is -2.30. The number of H-pyrrole nitrogens is 1. The lowest BCUT2D eigenvalue weighted by Gasteiger charge is -2.15. The summed E-state index contributed by atoms with van der Waals surface area (Å²) in [6, 6.07) is 19.5. The van der Waals surface area contributed by atoms with Gasteiger partial charge in [0.25, 0.3) is 0 Å². The van der Waals surface area contributed by atoms with Crippen LogP contribution in [-0.2, 0) is 16.0 Å². The molecule has 0 bridgehead atoms. The van der Waals surface area contributed by atoms with E-state index in [1.54, 1.807) is 7.11 Å². The summed E-state index contributed by atoms with van der Waals surface area (Å²) in [7, 11) is 1.63. The number of carbonyl (C=O) groups excluding carboxylic acids is 2. The summed E-state index contributed by atoms with van der Waals surface area (Å²) >= 11 is 0. The number of carbonyl (C=O) groups is 2. The van der Waals surface area contributed by atoms with E-state index >= 15 is 0 Å². The molecule has 2 heterocycles. The molecule has 1 amide bonds. The van der Waals surface area contributed by atoms with Crippen molar-refractivity contribution < 1.29 is 18.8 Å². The highest BCUT2D eigenvalue weighted by atomic mass is 16.5. The highest BCUT2D eigenvalue weighted by Gasteiger charge is 2.23. The van der Waals surface area contributed by atoms with Crippen molar-refractivity contribution in [2.75, 3.05) is 7.11 Å². The fourth-order valence-corrected chi connectivity index (χ4v) is 5.23. The third kappa shape index (κ3) is 6.65. The van der Waals surface area contributed by atoms with Crippen molar-refractivity contribution in [1.82, 2.24) is 20.4 Å². The topological polar surface area (TPSA) is 110 Å². The van der Waals surface area contributed by atoms with Crippen molar-refractivity contribution in [3.63, 3.8) is 0 Å². The quantitative estimate of drug-likeness (QED) is 0.152. The normalized spacial score (nSPS) is 12.1. The molecule has 0 radical (unpaired) electrons. The van der Waals surface area contributed by atoms with E-state index in [1.165, 1.54) is 0 Å². The Bertz CT molecular complexity index is 1670. The van der Waals surface area contributed by atoms with Gasteiger partial charge in [-0.25, -0.2) is 0 Å². The van der Waals surface area contributed by atoms with Crippen LogP contribution in [0.25, 0.3) is 33.1 Å². The number of amides is 1. The molecular weight excluding hydrogens is 516 g/mol. The molecule has 8 nitrogen and oxygen atoms in total. The van der Waals surface area contributed by atoms with E-state index in [0.717, 1.165) is 63.5 Å². The molecule has 0 aliphatic carbocycles. The number of nitrogens with zero attached hydrogens (tertiary/aromatic N) is 2. The Kier molecular flexibility index (Phi) is 8.77. The lowest BCUT2D eigenvalue weighted by atomic mass is 10.0. The molecule has 0 saturated carbocycles. The van der Waals surface area contributed by atoms with Crippen molar-refractivity contribution in [2.24, 2.45) is 0 Å². The number of Topliss-reactive ketones (excluding diaryl/α,β-unsaturated/α-hetero) is 1. The number of unbranched alkanes of at least 4 members (excludes halogenated alkanes) is 2. The first-order chi connectivity index (χ1) is 19.9. The number of fused-ring (bicyclic) bond motifs is 2.